The van der Waals surface area contributed by atoms with Crippen LogP contribution in [0, 0.1) is 6.92 Å². The van der Waals surface area contributed by atoms with E-state index >= 15 is 0 Å². The maximum absolute atomic E-state index is 12.7. The Morgan fingerprint density at radius 1 is 1.21 bits per heavy atom. The molecule has 0 aliphatic heterocycles. The summed E-state index contributed by atoms with van der Waals surface area (Å²) in [5.41, 5.74) is 3.35. The van der Waals surface area contributed by atoms with Crippen LogP contribution in [0.4, 0.5) is 13.2 Å². The fourth-order valence-electron chi connectivity index (χ4n) is 2.25. The van der Waals surface area contributed by atoms with Crippen molar-refractivity contribution in [2.45, 2.75) is 13.1 Å². The van der Waals surface area contributed by atoms with Crippen molar-refractivity contribution in [2.75, 3.05) is 6.61 Å². The number of hydrazine groups is 1. The fourth-order valence-corrected chi connectivity index (χ4v) is 2.89. The third kappa shape index (κ3) is 5.13. The zero-order valence-electron chi connectivity index (χ0n) is 14.9. The SMILES string of the molecule is Cc1oc(-c2cccs2)nc1C(=O)NNC(=O)COc1cccc(C(F)(F)F)c1. The van der Waals surface area contributed by atoms with Crippen molar-refractivity contribution in [3.05, 3.63) is 58.8 Å². The average Bonchev–Trinajstić information content (AvgIpc) is 3.33. The van der Waals surface area contributed by atoms with Gasteiger partial charge in [0.1, 0.15) is 11.5 Å². The van der Waals surface area contributed by atoms with Gasteiger partial charge in [0, 0.05) is 0 Å². The standard InChI is InChI=1S/C18H14F3N3O4S/c1-10-15(22-17(28-10)13-6-3-7-29-13)16(26)24-23-14(25)9-27-12-5-2-4-11(8-12)18(19,20)21/h2-8H,9H2,1H3,(H,23,25)(H,24,26). The van der Waals surface area contributed by atoms with Crippen LogP contribution in [0.1, 0.15) is 21.8 Å². The van der Waals surface area contributed by atoms with Crippen LogP contribution >= 0.6 is 11.3 Å². The number of carbonyl (C=O) groups is 2. The topological polar surface area (TPSA) is 93.5 Å². The van der Waals surface area contributed by atoms with Crippen LogP contribution in [-0.2, 0) is 11.0 Å². The van der Waals surface area contributed by atoms with Gasteiger partial charge in [-0.15, -0.1) is 11.3 Å². The molecule has 0 radical (unpaired) electrons. The normalized spacial score (nSPS) is 11.2. The lowest BCUT2D eigenvalue weighted by molar-refractivity contribution is -0.137. The first-order valence-electron chi connectivity index (χ1n) is 8.14. The van der Waals surface area contributed by atoms with E-state index in [1.54, 1.807) is 13.0 Å². The molecule has 0 bridgehead atoms. The molecular weight excluding hydrogens is 411 g/mol. The number of oxazole rings is 1. The molecule has 3 aromatic rings. The molecule has 0 saturated heterocycles. The van der Waals surface area contributed by atoms with Gasteiger partial charge in [0.15, 0.2) is 12.3 Å². The summed E-state index contributed by atoms with van der Waals surface area (Å²) in [4.78, 5) is 28.8. The van der Waals surface area contributed by atoms with Crippen LogP contribution in [0.5, 0.6) is 5.75 Å². The minimum Gasteiger partial charge on any atom is -0.484 e. The van der Waals surface area contributed by atoms with Crippen LogP contribution in [0.3, 0.4) is 0 Å². The molecule has 29 heavy (non-hydrogen) atoms. The molecule has 0 aliphatic rings. The number of nitrogens with one attached hydrogen (secondary N) is 2. The van der Waals surface area contributed by atoms with Gasteiger partial charge in [0.2, 0.25) is 5.89 Å². The lowest BCUT2D eigenvalue weighted by Gasteiger charge is -2.10. The third-order valence-electron chi connectivity index (χ3n) is 3.59. The van der Waals surface area contributed by atoms with Gasteiger partial charge in [-0.25, -0.2) is 4.98 Å². The highest BCUT2D eigenvalue weighted by Gasteiger charge is 2.30. The number of aryl methyl sites for hydroxylation is 1. The molecule has 0 aliphatic carbocycles. The zero-order valence-corrected chi connectivity index (χ0v) is 15.7. The van der Waals surface area contributed by atoms with Crippen molar-refractivity contribution < 1.29 is 31.9 Å². The van der Waals surface area contributed by atoms with E-state index in [-0.39, 0.29) is 23.1 Å². The van der Waals surface area contributed by atoms with E-state index in [9.17, 15) is 22.8 Å². The summed E-state index contributed by atoms with van der Waals surface area (Å²) in [5.74, 6) is -1.06. The number of thiophene rings is 1. The maximum Gasteiger partial charge on any atom is 0.416 e. The molecule has 2 heterocycles. The van der Waals surface area contributed by atoms with Crippen LogP contribution in [0.25, 0.3) is 10.8 Å². The Bertz CT molecular complexity index is 1020. The first kappa shape index (κ1) is 20.4. The van der Waals surface area contributed by atoms with Gasteiger partial charge < -0.3 is 9.15 Å². The first-order valence-corrected chi connectivity index (χ1v) is 9.02. The smallest absolute Gasteiger partial charge is 0.416 e. The number of alkyl halides is 3. The largest absolute Gasteiger partial charge is 0.484 e. The predicted molar refractivity (Wildman–Crippen MR) is 97.1 cm³/mol. The second-order valence-corrected chi connectivity index (χ2v) is 6.67. The zero-order chi connectivity index (χ0) is 21.0. The van der Waals surface area contributed by atoms with Crippen LogP contribution in [-0.4, -0.2) is 23.4 Å². The molecule has 0 unspecified atom stereocenters. The van der Waals surface area contributed by atoms with Gasteiger partial charge >= 0.3 is 6.18 Å². The van der Waals surface area contributed by atoms with E-state index in [1.807, 2.05) is 11.4 Å². The molecule has 2 N–H and O–H groups in total. The van der Waals surface area contributed by atoms with E-state index in [0.29, 0.717) is 0 Å². The number of benzene rings is 1. The number of nitrogens with zero attached hydrogens (tertiary/aromatic N) is 1. The van der Waals surface area contributed by atoms with Crippen LogP contribution < -0.4 is 15.6 Å². The second-order valence-electron chi connectivity index (χ2n) is 5.72. The molecule has 7 nitrogen and oxygen atoms in total. The highest BCUT2D eigenvalue weighted by Crippen LogP contribution is 2.31. The average molecular weight is 425 g/mol. The van der Waals surface area contributed by atoms with Gasteiger partial charge in [-0.1, -0.05) is 12.1 Å². The highest BCUT2D eigenvalue weighted by molar-refractivity contribution is 7.13. The van der Waals surface area contributed by atoms with Gasteiger partial charge in [-0.2, -0.15) is 13.2 Å². The lowest BCUT2D eigenvalue weighted by atomic mass is 10.2. The maximum atomic E-state index is 12.7. The van der Waals surface area contributed by atoms with Crippen LogP contribution in [0.15, 0.2) is 46.2 Å². The lowest BCUT2D eigenvalue weighted by Crippen LogP contribution is -2.44. The molecule has 3 rings (SSSR count). The Labute approximate surface area is 166 Å². The highest BCUT2D eigenvalue weighted by atomic mass is 32.1. The van der Waals surface area contributed by atoms with Crippen molar-refractivity contribution in [3.63, 3.8) is 0 Å². The number of hydrogen-bond acceptors (Lipinski definition) is 6. The summed E-state index contributed by atoms with van der Waals surface area (Å²) >= 11 is 1.39. The Morgan fingerprint density at radius 2 is 2.00 bits per heavy atom. The molecule has 11 heteroatoms. The number of amides is 2. The Hall–Kier alpha value is -3.34. The van der Waals surface area contributed by atoms with Gasteiger partial charge in [0.25, 0.3) is 11.8 Å². The van der Waals surface area contributed by atoms with E-state index in [2.05, 4.69) is 15.8 Å². The van der Waals surface area contributed by atoms with E-state index in [4.69, 9.17) is 9.15 Å². The molecule has 0 atom stereocenters. The number of hydrogen-bond donors (Lipinski definition) is 2. The molecular formula is C18H14F3N3O4S. The number of aromatic nitrogens is 1. The van der Waals surface area contributed by atoms with Gasteiger partial charge in [0.05, 0.1) is 10.4 Å². The van der Waals surface area contributed by atoms with Crippen molar-refractivity contribution in [2.24, 2.45) is 0 Å². The van der Waals surface area contributed by atoms with Crippen LogP contribution in [0.2, 0.25) is 0 Å². The number of rotatable bonds is 5. The molecule has 152 valence electrons. The predicted octanol–water partition coefficient (Wildman–Crippen LogP) is 3.57. The van der Waals surface area contributed by atoms with E-state index in [0.717, 1.165) is 23.1 Å². The number of ether oxygens (including phenoxy) is 1. The molecule has 2 aromatic heterocycles. The second kappa shape index (κ2) is 8.35. The minimum atomic E-state index is -4.52. The Morgan fingerprint density at radius 3 is 2.69 bits per heavy atom. The third-order valence-corrected chi connectivity index (χ3v) is 4.45. The molecule has 2 amide bonds. The quantitative estimate of drug-likeness (QED) is 0.610. The van der Waals surface area contributed by atoms with E-state index in [1.165, 1.54) is 17.4 Å². The summed E-state index contributed by atoms with van der Waals surface area (Å²) in [6.45, 7) is 0.956. The number of carbonyl (C=O) groups excluding carboxylic acids is 2. The molecule has 0 fully saturated rings. The first-order chi connectivity index (χ1) is 13.7. The summed E-state index contributed by atoms with van der Waals surface area (Å²) in [5, 5.41) is 1.83. The van der Waals surface area contributed by atoms with Crippen molar-refractivity contribution in [1.82, 2.24) is 15.8 Å². The molecule has 0 spiro atoms. The van der Waals surface area contributed by atoms with E-state index < -0.39 is 30.2 Å². The minimum absolute atomic E-state index is 0.00695. The monoisotopic (exact) mass is 425 g/mol. The summed E-state index contributed by atoms with van der Waals surface area (Å²) < 4.78 is 48.5. The summed E-state index contributed by atoms with van der Waals surface area (Å²) in [6, 6.07) is 7.70. The van der Waals surface area contributed by atoms with Crippen molar-refractivity contribution in [3.8, 4) is 16.5 Å². The van der Waals surface area contributed by atoms with Gasteiger partial charge in [-0.05, 0) is 36.6 Å². The Balaban J connectivity index is 1.53. The Kier molecular flexibility index (Phi) is 5.87. The van der Waals surface area contributed by atoms with Crippen molar-refractivity contribution >= 4 is 23.2 Å². The fraction of sp³-hybridized carbons (Fsp3) is 0.167. The molecule has 0 saturated carbocycles. The van der Waals surface area contributed by atoms with Gasteiger partial charge in [-0.3, -0.25) is 20.4 Å². The summed E-state index contributed by atoms with van der Waals surface area (Å²) in [7, 11) is 0. The summed E-state index contributed by atoms with van der Waals surface area (Å²) in [6.07, 6.45) is -4.52. The van der Waals surface area contributed by atoms with Crippen molar-refractivity contribution in [1.29, 1.82) is 0 Å². The molecule has 1 aromatic carbocycles. The number of halogens is 3.